The zero-order valence-corrected chi connectivity index (χ0v) is 49.0. The van der Waals surface area contributed by atoms with E-state index in [-0.39, 0.29) is 0 Å². The van der Waals surface area contributed by atoms with Crippen molar-refractivity contribution in [3.05, 3.63) is 309 Å². The number of nitrogens with zero attached hydrogens (tertiary/aromatic N) is 9. The number of rotatable bonds is 10. The van der Waals surface area contributed by atoms with Gasteiger partial charge >= 0.3 is 0 Å². The second-order valence-corrected chi connectivity index (χ2v) is 26.6. The zero-order valence-electron chi connectivity index (χ0n) is 48.0. The van der Waals surface area contributed by atoms with E-state index in [4.69, 9.17) is 24.9 Å². The summed E-state index contributed by atoms with van der Waals surface area (Å²) in [5, 5.41) is 13.9. The number of hydrogen-bond acceptors (Lipinski definition) is 5. The van der Waals surface area contributed by atoms with Crippen LogP contribution in [-0.2, 0) is 0 Å². The fourth-order valence-corrected chi connectivity index (χ4v) is 19.1. The minimum absolute atomic E-state index is 0.530. The summed E-state index contributed by atoms with van der Waals surface area (Å²) in [6.07, 6.45) is 0. The molecule has 6 heterocycles. The van der Waals surface area contributed by atoms with Gasteiger partial charge in [-0.05, 0) is 69.3 Å². The minimum Gasteiger partial charge on any atom is -0.294 e. The van der Waals surface area contributed by atoms with Crippen LogP contribution < -0.4 is 20.7 Å². The van der Waals surface area contributed by atoms with Gasteiger partial charge in [0.25, 0.3) is 0 Å². The Hall–Kier alpha value is -11.9. The Morgan fingerprint density at radius 1 is 0.213 bits per heavy atom. The minimum atomic E-state index is -3.32. The Labute approximate surface area is 512 Å². The second-order valence-electron chi connectivity index (χ2n) is 22.8. The summed E-state index contributed by atoms with van der Waals surface area (Å²) in [6, 6.07) is 111. The fraction of sp³-hybridized carbons (Fsp3) is 0. The van der Waals surface area contributed by atoms with Crippen LogP contribution in [0.2, 0.25) is 0 Å². The predicted molar refractivity (Wildman–Crippen MR) is 367 cm³/mol. The number of benzene rings is 12. The Bertz CT molecular complexity index is 5000. The van der Waals surface area contributed by atoms with Crippen LogP contribution in [0.1, 0.15) is 0 Å². The van der Waals surface area contributed by atoms with E-state index < -0.39 is 8.07 Å². The lowest BCUT2D eigenvalue weighted by Gasteiger charge is -2.35. The average Bonchev–Trinajstić information content (AvgIpc) is 1.86. The van der Waals surface area contributed by atoms with Gasteiger partial charge in [-0.1, -0.05) is 255 Å². The van der Waals surface area contributed by atoms with Crippen molar-refractivity contribution < 1.29 is 0 Å². The molecule has 0 bridgehead atoms. The van der Waals surface area contributed by atoms with Gasteiger partial charge in [-0.25, -0.2) is 4.98 Å². The molecule has 0 spiro atoms. The monoisotopic (exact) mass is 1150 g/mol. The summed E-state index contributed by atoms with van der Waals surface area (Å²) in [6.45, 7) is 0. The van der Waals surface area contributed by atoms with Gasteiger partial charge in [0.2, 0.25) is 17.8 Å². The lowest BCUT2D eigenvalue weighted by Crippen LogP contribution is -2.74. The lowest BCUT2D eigenvalue weighted by atomic mass is 10.1. The van der Waals surface area contributed by atoms with E-state index in [1.54, 1.807) is 0 Å². The maximum absolute atomic E-state index is 5.67. The van der Waals surface area contributed by atoms with Gasteiger partial charge in [0, 0.05) is 60.3 Å². The molecule has 9 nitrogen and oxygen atoms in total. The molecule has 0 amide bonds. The van der Waals surface area contributed by atoms with E-state index in [2.05, 4.69) is 328 Å². The molecule has 0 N–H and O–H groups in total. The van der Waals surface area contributed by atoms with Crippen LogP contribution in [0.4, 0.5) is 0 Å². The largest absolute Gasteiger partial charge is 0.294 e. The Kier molecular flexibility index (Phi) is 11.4. The molecule has 89 heavy (non-hydrogen) atoms. The maximum Gasteiger partial charge on any atom is 0.240 e. The molecule has 0 radical (unpaired) electrons. The van der Waals surface area contributed by atoms with Gasteiger partial charge in [0.1, 0.15) is 5.82 Å². The third-order valence-electron chi connectivity index (χ3n) is 18.0. The third kappa shape index (κ3) is 7.77. The van der Waals surface area contributed by atoms with Crippen LogP contribution in [0, 0.1) is 0 Å². The van der Waals surface area contributed by atoms with Crippen molar-refractivity contribution in [2.24, 2.45) is 0 Å². The first-order valence-corrected chi connectivity index (χ1v) is 32.1. The Morgan fingerprint density at radius 3 is 0.876 bits per heavy atom. The van der Waals surface area contributed by atoms with Crippen molar-refractivity contribution in [2.75, 3.05) is 0 Å². The van der Waals surface area contributed by atoms with Crippen LogP contribution in [-0.4, -0.2) is 51.3 Å². The molecule has 0 aliphatic rings. The van der Waals surface area contributed by atoms with E-state index in [0.29, 0.717) is 23.7 Å². The van der Waals surface area contributed by atoms with Crippen molar-refractivity contribution >= 4 is 116 Å². The molecule has 12 aromatic carbocycles. The van der Waals surface area contributed by atoms with E-state index in [0.717, 1.165) is 110 Å². The molecule has 18 rings (SSSR count). The molecule has 0 saturated heterocycles. The van der Waals surface area contributed by atoms with Crippen molar-refractivity contribution in [2.45, 2.75) is 0 Å². The first-order chi connectivity index (χ1) is 44.2. The summed E-state index contributed by atoms with van der Waals surface area (Å²) in [7, 11) is -3.32. The highest BCUT2D eigenvalue weighted by molar-refractivity contribution is 7.20. The van der Waals surface area contributed by atoms with Crippen molar-refractivity contribution in [1.82, 2.24) is 43.2 Å². The van der Waals surface area contributed by atoms with Crippen molar-refractivity contribution in [3.63, 3.8) is 0 Å². The third-order valence-corrected chi connectivity index (χ3v) is 22.8. The summed E-state index contributed by atoms with van der Waals surface area (Å²) in [5.74, 6) is 2.98. The number of aromatic nitrogens is 9. The predicted octanol–water partition coefficient (Wildman–Crippen LogP) is 15.8. The van der Waals surface area contributed by atoms with Crippen LogP contribution in [0.15, 0.2) is 309 Å². The molecule has 0 unspecified atom stereocenters. The number of para-hydroxylation sites is 8. The number of hydrogen-bond donors (Lipinski definition) is 0. The molecule has 0 fully saturated rings. The number of fused-ring (bicyclic) bond motifs is 12. The quantitative estimate of drug-likeness (QED) is 0.101. The van der Waals surface area contributed by atoms with Gasteiger partial charge in [-0.15, -0.1) is 0 Å². The van der Waals surface area contributed by atoms with Crippen molar-refractivity contribution in [1.29, 1.82) is 0 Å². The first-order valence-electron chi connectivity index (χ1n) is 30.1. The van der Waals surface area contributed by atoms with Gasteiger partial charge < -0.3 is 0 Å². The fourth-order valence-electron chi connectivity index (χ4n) is 14.2. The second kappa shape index (κ2) is 20.1. The molecule has 0 aliphatic heterocycles. The van der Waals surface area contributed by atoms with Gasteiger partial charge in [-0.2, -0.15) is 19.9 Å². The molecule has 0 aliphatic carbocycles. The molecule has 0 saturated carbocycles. The molecular weight excluding hydrogens is 1100 g/mol. The van der Waals surface area contributed by atoms with E-state index >= 15 is 0 Å². The standard InChI is InChI=1S/C79H51N9Si/c1-3-27-54(28-4-1)89(55-29-5-2-6-30-55,56-31-23-25-52(49-56)66-51-75(85-67-41-15-7-33-58(67)59-34-8-16-42-68(59)85)81-77(80-66)86-69-43-17-9-35-60(69)61-36-10-18-44-70(61)86)57-32-24-26-53(50-57)76-82-78(87-71-45-19-11-37-62(71)63-38-12-20-46-72(63)87)84-79(83-76)88-73-47-21-13-39-64(73)65-40-14-22-48-74(65)88/h1-51H. The summed E-state index contributed by atoms with van der Waals surface area (Å²) >= 11 is 0. The van der Waals surface area contributed by atoms with Crippen LogP contribution in [0.5, 0.6) is 0 Å². The normalized spacial score (nSPS) is 12.0. The van der Waals surface area contributed by atoms with Gasteiger partial charge in [0.05, 0.1) is 49.8 Å². The Balaban J connectivity index is 0.885. The molecule has 6 aromatic heterocycles. The van der Waals surface area contributed by atoms with E-state index in [1.165, 1.54) is 20.7 Å². The highest BCUT2D eigenvalue weighted by atomic mass is 28.3. The van der Waals surface area contributed by atoms with Gasteiger partial charge in [-0.3, -0.25) is 18.3 Å². The SMILES string of the molecule is c1ccc([Si](c2ccccc2)(c2cccc(-c3cc(-n4c5ccccc5c5ccccc54)nc(-n4c5ccccc5c5ccccc54)n3)c2)c2cccc(-c3nc(-n4c5ccccc5c5ccccc54)nc(-n4c5ccccc5c5ccccc54)n3)c2)cc1. The average molecular weight is 1150 g/mol. The smallest absolute Gasteiger partial charge is 0.240 e. The summed E-state index contributed by atoms with van der Waals surface area (Å²) in [5.41, 5.74) is 10.9. The zero-order chi connectivity index (χ0) is 58.6. The highest BCUT2D eigenvalue weighted by Gasteiger charge is 2.42. The molecule has 10 heteroatoms. The van der Waals surface area contributed by atoms with Crippen LogP contribution >= 0.6 is 0 Å². The van der Waals surface area contributed by atoms with E-state index in [9.17, 15) is 0 Å². The van der Waals surface area contributed by atoms with Crippen molar-refractivity contribution in [3.8, 4) is 46.3 Å². The van der Waals surface area contributed by atoms with Crippen LogP contribution in [0.3, 0.4) is 0 Å². The molecular formula is C79H51N9Si. The molecule has 18 aromatic rings. The van der Waals surface area contributed by atoms with Gasteiger partial charge in [0.15, 0.2) is 13.9 Å². The summed E-state index contributed by atoms with van der Waals surface area (Å²) in [4.78, 5) is 27.9. The Morgan fingerprint density at radius 2 is 0.506 bits per heavy atom. The molecule has 0 atom stereocenters. The highest BCUT2D eigenvalue weighted by Crippen LogP contribution is 2.38. The maximum atomic E-state index is 5.67. The lowest BCUT2D eigenvalue weighted by molar-refractivity contribution is 0.893. The van der Waals surface area contributed by atoms with Crippen LogP contribution in [0.25, 0.3) is 134 Å². The molecule has 416 valence electrons. The first kappa shape index (κ1) is 50.5. The van der Waals surface area contributed by atoms with E-state index in [1.807, 2.05) is 0 Å². The topological polar surface area (TPSA) is 84.2 Å². The summed E-state index contributed by atoms with van der Waals surface area (Å²) < 4.78 is 8.93.